The Labute approximate surface area is 178 Å². The Hall–Kier alpha value is -3.60. The quantitative estimate of drug-likeness (QED) is 0.670. The lowest BCUT2D eigenvalue weighted by Gasteiger charge is -2.42. The van der Waals surface area contributed by atoms with Crippen LogP contribution in [0.3, 0.4) is 0 Å². The average Bonchev–Trinajstić information content (AvgIpc) is 2.73. The van der Waals surface area contributed by atoms with Gasteiger partial charge >= 0.3 is 12.2 Å². The van der Waals surface area contributed by atoms with Crippen LogP contribution in [-0.4, -0.2) is 23.3 Å². The molecule has 1 aliphatic rings. The van der Waals surface area contributed by atoms with Crippen molar-refractivity contribution in [1.29, 1.82) is 5.26 Å². The molecular formula is C23H19F3N3O2. The van der Waals surface area contributed by atoms with Crippen LogP contribution in [0.1, 0.15) is 36.6 Å². The summed E-state index contributed by atoms with van der Waals surface area (Å²) in [6, 6.07) is 11.5. The van der Waals surface area contributed by atoms with Gasteiger partial charge in [-0.2, -0.15) is 18.4 Å². The minimum absolute atomic E-state index is 0.00723. The number of nitriles is 1. The molecule has 1 atom stereocenters. The van der Waals surface area contributed by atoms with Gasteiger partial charge in [0.25, 0.3) is 0 Å². The number of hydrogen-bond donors (Lipinski definition) is 0. The van der Waals surface area contributed by atoms with Crippen molar-refractivity contribution in [2.45, 2.75) is 26.1 Å². The molecule has 3 rings (SSSR count). The second-order valence-corrected chi connectivity index (χ2v) is 7.05. The van der Waals surface area contributed by atoms with Crippen molar-refractivity contribution < 1.29 is 22.8 Å². The van der Waals surface area contributed by atoms with E-state index in [1.54, 1.807) is 24.3 Å². The summed E-state index contributed by atoms with van der Waals surface area (Å²) < 4.78 is 39.6. The molecule has 159 valence electrons. The highest BCUT2D eigenvalue weighted by Gasteiger charge is 2.41. The van der Waals surface area contributed by atoms with Gasteiger partial charge in [0.15, 0.2) is 5.78 Å². The Kier molecular flexibility index (Phi) is 5.89. The van der Waals surface area contributed by atoms with Gasteiger partial charge in [0.1, 0.15) is 0 Å². The van der Waals surface area contributed by atoms with E-state index in [4.69, 9.17) is 5.26 Å². The fraction of sp³-hybridized carbons (Fsp3) is 0.217. The SMILES string of the molecule is [CH2]CN1C(=O)N(c2cccc(C(F)(F)F)c2)C(C)=C(C(C)=O)C1c1ccc(C#N)cc1. The first-order valence-corrected chi connectivity index (χ1v) is 9.39. The number of amides is 2. The van der Waals surface area contributed by atoms with Crippen LogP contribution in [0.4, 0.5) is 23.7 Å². The maximum Gasteiger partial charge on any atom is 0.416 e. The van der Waals surface area contributed by atoms with E-state index in [1.165, 1.54) is 30.9 Å². The molecule has 0 fully saturated rings. The zero-order valence-corrected chi connectivity index (χ0v) is 16.9. The molecule has 0 saturated carbocycles. The molecule has 0 aliphatic carbocycles. The third kappa shape index (κ3) is 4.04. The number of Topliss-reactive ketones (excluding diaryl/α,β-unsaturated/α-hetero) is 1. The second-order valence-electron chi connectivity index (χ2n) is 7.05. The molecule has 0 spiro atoms. The third-order valence-corrected chi connectivity index (χ3v) is 5.15. The summed E-state index contributed by atoms with van der Waals surface area (Å²) in [5, 5.41) is 9.03. The van der Waals surface area contributed by atoms with Crippen LogP contribution in [-0.2, 0) is 11.0 Å². The zero-order valence-electron chi connectivity index (χ0n) is 16.9. The molecule has 5 nitrogen and oxygen atoms in total. The minimum atomic E-state index is -4.58. The van der Waals surface area contributed by atoms with Crippen molar-refractivity contribution in [2.75, 3.05) is 11.4 Å². The first-order chi connectivity index (χ1) is 14.6. The van der Waals surface area contributed by atoms with E-state index in [1.807, 2.05) is 6.07 Å². The largest absolute Gasteiger partial charge is 0.416 e. The monoisotopic (exact) mass is 426 g/mol. The summed E-state index contributed by atoms with van der Waals surface area (Å²) >= 11 is 0. The number of carbonyl (C=O) groups is 2. The molecule has 2 amide bonds. The van der Waals surface area contributed by atoms with Crippen molar-refractivity contribution in [3.63, 3.8) is 0 Å². The normalized spacial score (nSPS) is 17.1. The molecule has 8 heteroatoms. The number of hydrogen-bond acceptors (Lipinski definition) is 3. The van der Waals surface area contributed by atoms with Crippen molar-refractivity contribution in [3.8, 4) is 6.07 Å². The molecule has 1 aliphatic heterocycles. The lowest BCUT2D eigenvalue weighted by Crippen LogP contribution is -2.50. The van der Waals surface area contributed by atoms with Crippen LogP contribution >= 0.6 is 0 Å². The second kappa shape index (κ2) is 8.26. The van der Waals surface area contributed by atoms with Gasteiger partial charge in [-0.05, 0) is 56.7 Å². The van der Waals surface area contributed by atoms with E-state index in [9.17, 15) is 22.8 Å². The molecule has 0 N–H and O–H groups in total. The predicted molar refractivity (Wildman–Crippen MR) is 109 cm³/mol. The minimum Gasteiger partial charge on any atom is -0.313 e. The fourth-order valence-electron chi connectivity index (χ4n) is 3.74. The van der Waals surface area contributed by atoms with Gasteiger partial charge in [-0.25, -0.2) is 4.79 Å². The molecule has 0 bridgehead atoms. The van der Waals surface area contributed by atoms with E-state index in [-0.39, 0.29) is 29.3 Å². The number of urea groups is 1. The predicted octanol–water partition coefficient (Wildman–Crippen LogP) is 5.26. The third-order valence-electron chi connectivity index (χ3n) is 5.15. The smallest absolute Gasteiger partial charge is 0.313 e. The van der Waals surface area contributed by atoms with Gasteiger partial charge in [0.05, 0.1) is 28.9 Å². The Bertz CT molecular complexity index is 1100. The lowest BCUT2D eigenvalue weighted by atomic mass is 9.90. The molecular weight excluding hydrogens is 407 g/mol. The highest BCUT2D eigenvalue weighted by atomic mass is 19.4. The highest BCUT2D eigenvalue weighted by Crippen LogP contribution is 2.40. The first kappa shape index (κ1) is 22.1. The summed E-state index contributed by atoms with van der Waals surface area (Å²) in [4.78, 5) is 28.4. The number of rotatable bonds is 4. The number of anilines is 1. The van der Waals surface area contributed by atoms with E-state index < -0.39 is 23.8 Å². The van der Waals surface area contributed by atoms with E-state index >= 15 is 0 Å². The van der Waals surface area contributed by atoms with Gasteiger partial charge in [-0.3, -0.25) is 9.69 Å². The van der Waals surface area contributed by atoms with Crippen molar-refractivity contribution in [2.24, 2.45) is 0 Å². The molecule has 1 unspecified atom stereocenters. The van der Waals surface area contributed by atoms with Crippen molar-refractivity contribution in [3.05, 3.63) is 83.4 Å². The topological polar surface area (TPSA) is 64.4 Å². The average molecular weight is 426 g/mol. The number of nitrogens with zero attached hydrogens (tertiary/aromatic N) is 3. The number of carbonyl (C=O) groups excluding carboxylic acids is 2. The summed E-state index contributed by atoms with van der Waals surface area (Å²) in [5.74, 6) is -0.324. The molecule has 0 aromatic heterocycles. The van der Waals surface area contributed by atoms with Crippen LogP contribution < -0.4 is 4.90 Å². The Balaban J connectivity index is 2.20. The Morgan fingerprint density at radius 1 is 1.19 bits per heavy atom. The van der Waals surface area contributed by atoms with E-state index in [2.05, 4.69) is 6.92 Å². The number of allylic oxidation sites excluding steroid dienone is 1. The number of ketones is 1. The standard InChI is InChI=1S/C23H19F3N3O2/c1-4-28-21(17-10-8-16(13-27)9-11-17)20(15(3)30)14(2)29(22(28)31)19-7-5-6-18(12-19)23(24,25)26/h5-12,21H,1,4H2,2-3H3. The summed E-state index contributed by atoms with van der Waals surface area (Å²) in [6.45, 7) is 6.64. The molecule has 0 saturated heterocycles. The van der Waals surface area contributed by atoms with Crippen LogP contribution in [0.25, 0.3) is 0 Å². The first-order valence-electron chi connectivity index (χ1n) is 9.39. The number of halogens is 3. The van der Waals surface area contributed by atoms with E-state index in [0.717, 1.165) is 17.0 Å². The van der Waals surface area contributed by atoms with E-state index in [0.29, 0.717) is 11.1 Å². The van der Waals surface area contributed by atoms with Gasteiger partial charge < -0.3 is 4.90 Å². The van der Waals surface area contributed by atoms with Crippen molar-refractivity contribution >= 4 is 17.5 Å². The fourth-order valence-corrected chi connectivity index (χ4v) is 3.74. The molecule has 31 heavy (non-hydrogen) atoms. The highest BCUT2D eigenvalue weighted by molar-refractivity contribution is 6.04. The zero-order chi connectivity index (χ0) is 22.9. The van der Waals surface area contributed by atoms with Crippen molar-refractivity contribution in [1.82, 2.24) is 4.90 Å². The number of benzene rings is 2. The molecule has 2 aromatic rings. The van der Waals surface area contributed by atoms with Gasteiger partial charge in [-0.1, -0.05) is 18.2 Å². The van der Waals surface area contributed by atoms with Gasteiger partial charge in [0.2, 0.25) is 0 Å². The summed E-state index contributed by atoms with van der Waals surface area (Å²) in [7, 11) is 0. The Morgan fingerprint density at radius 3 is 2.35 bits per heavy atom. The van der Waals surface area contributed by atoms with Gasteiger partial charge in [0, 0.05) is 17.8 Å². The lowest BCUT2D eigenvalue weighted by molar-refractivity contribution is -0.137. The van der Waals surface area contributed by atoms with Gasteiger partial charge in [-0.15, -0.1) is 0 Å². The van der Waals surface area contributed by atoms with Crippen LogP contribution in [0.15, 0.2) is 59.8 Å². The molecule has 1 heterocycles. The summed E-state index contributed by atoms with van der Waals surface area (Å²) in [6.07, 6.45) is -4.58. The van der Waals surface area contributed by atoms with Crippen LogP contribution in [0.5, 0.6) is 0 Å². The van der Waals surface area contributed by atoms with Crippen LogP contribution in [0, 0.1) is 18.3 Å². The molecule has 1 radical (unpaired) electrons. The summed E-state index contributed by atoms with van der Waals surface area (Å²) in [5.41, 5.74) is 0.645. The van der Waals surface area contributed by atoms with Crippen LogP contribution in [0.2, 0.25) is 0 Å². The Morgan fingerprint density at radius 2 is 1.84 bits per heavy atom. The molecule has 2 aromatic carbocycles. The maximum atomic E-state index is 13.3. The number of alkyl halides is 3. The maximum absolute atomic E-state index is 13.3.